The van der Waals surface area contributed by atoms with Crippen molar-refractivity contribution in [1.29, 1.82) is 0 Å². The van der Waals surface area contributed by atoms with Gasteiger partial charge in [0.1, 0.15) is 17.8 Å². The highest BCUT2D eigenvalue weighted by Crippen LogP contribution is 2.77. The summed E-state index contributed by atoms with van der Waals surface area (Å²) in [5, 5.41) is 0. The summed E-state index contributed by atoms with van der Waals surface area (Å²) in [5.74, 6) is 0.582. The predicted octanol–water partition coefficient (Wildman–Crippen LogP) is 3.70. The van der Waals surface area contributed by atoms with Gasteiger partial charge in [0.2, 0.25) is 0 Å². The Kier molecular flexibility index (Phi) is 3.03. The van der Waals surface area contributed by atoms with Crippen molar-refractivity contribution in [1.82, 2.24) is 0 Å². The Bertz CT molecular complexity index is 430. The zero-order valence-electron chi connectivity index (χ0n) is 13.5. The van der Waals surface area contributed by atoms with Crippen molar-refractivity contribution in [3.8, 4) is 0 Å². The van der Waals surface area contributed by atoms with Gasteiger partial charge in [0.15, 0.2) is 0 Å². The summed E-state index contributed by atoms with van der Waals surface area (Å²) in [7, 11) is 0. The molecule has 0 amide bonds. The van der Waals surface area contributed by atoms with Crippen LogP contribution in [-0.4, -0.2) is 23.8 Å². The van der Waals surface area contributed by atoms with Gasteiger partial charge in [-0.15, -0.1) is 0 Å². The van der Waals surface area contributed by atoms with E-state index in [0.29, 0.717) is 5.41 Å². The van der Waals surface area contributed by atoms with Crippen LogP contribution in [-0.2, 0) is 14.3 Å². The molecule has 1 spiro atoms. The van der Waals surface area contributed by atoms with E-state index in [2.05, 4.69) is 27.7 Å². The number of esters is 1. The fourth-order valence-electron chi connectivity index (χ4n) is 5.25. The molecule has 1 saturated heterocycles. The lowest BCUT2D eigenvalue weighted by molar-refractivity contribution is -0.147. The Balaban J connectivity index is 1.82. The van der Waals surface area contributed by atoms with Crippen molar-refractivity contribution < 1.29 is 14.3 Å². The normalized spacial score (nSPS) is 45.6. The third-order valence-electron chi connectivity index (χ3n) is 6.89. The zero-order chi connectivity index (χ0) is 14.8. The van der Waals surface area contributed by atoms with Crippen LogP contribution in [0.25, 0.3) is 0 Å². The molecule has 0 aromatic heterocycles. The second kappa shape index (κ2) is 4.22. The van der Waals surface area contributed by atoms with E-state index in [1.807, 2.05) is 0 Å². The molecule has 0 aromatic rings. The molecule has 2 aliphatic carbocycles. The molecule has 3 aliphatic rings. The first-order valence-electron chi connectivity index (χ1n) is 8.13. The Morgan fingerprint density at radius 2 is 2.10 bits per heavy atom. The van der Waals surface area contributed by atoms with Crippen LogP contribution in [0.2, 0.25) is 0 Å². The third-order valence-corrected chi connectivity index (χ3v) is 6.89. The van der Waals surface area contributed by atoms with Crippen LogP contribution >= 0.6 is 0 Å². The fraction of sp³-hybridized carbons (Fsp3) is 0.941. The van der Waals surface area contributed by atoms with Gasteiger partial charge in [-0.2, -0.15) is 0 Å². The molecule has 3 fully saturated rings. The lowest BCUT2D eigenvalue weighted by Gasteiger charge is -2.38. The first-order chi connectivity index (χ1) is 9.28. The summed E-state index contributed by atoms with van der Waals surface area (Å²) >= 11 is 0. The van der Waals surface area contributed by atoms with Gasteiger partial charge in [-0.05, 0) is 37.0 Å². The molecule has 0 unspecified atom stereocenters. The van der Waals surface area contributed by atoms with E-state index in [9.17, 15) is 4.79 Å². The standard InChI is InChI=1S/C17H28O3/c1-6-7-13(19-11(2)18)14-17(20-14)10-12-8-9-16(17,5)15(12,3)4/h12-14H,6-10H2,1-5H3/t12-,13-,14+,16-,17-/m1/s1. The monoisotopic (exact) mass is 280 g/mol. The predicted molar refractivity (Wildman–Crippen MR) is 77.3 cm³/mol. The van der Waals surface area contributed by atoms with Crippen molar-refractivity contribution in [3.05, 3.63) is 0 Å². The number of epoxide rings is 1. The number of hydrogen-bond acceptors (Lipinski definition) is 3. The minimum absolute atomic E-state index is 0.0191. The summed E-state index contributed by atoms with van der Waals surface area (Å²) in [6.45, 7) is 10.8. The molecule has 3 nitrogen and oxygen atoms in total. The van der Waals surface area contributed by atoms with Gasteiger partial charge in [-0.1, -0.05) is 34.1 Å². The molecule has 3 rings (SSSR count). The molecule has 2 bridgehead atoms. The van der Waals surface area contributed by atoms with Gasteiger partial charge in [-0.25, -0.2) is 0 Å². The van der Waals surface area contributed by atoms with Crippen molar-refractivity contribution in [2.75, 3.05) is 0 Å². The van der Waals surface area contributed by atoms with Crippen molar-refractivity contribution >= 4 is 5.97 Å². The lowest BCUT2D eigenvalue weighted by atomic mass is 9.65. The molecule has 2 saturated carbocycles. The van der Waals surface area contributed by atoms with Crippen LogP contribution < -0.4 is 0 Å². The van der Waals surface area contributed by atoms with Crippen LogP contribution in [0.15, 0.2) is 0 Å². The molecule has 0 aromatic carbocycles. The van der Waals surface area contributed by atoms with Gasteiger partial charge in [-0.3, -0.25) is 4.79 Å². The van der Waals surface area contributed by atoms with Crippen LogP contribution in [0.5, 0.6) is 0 Å². The van der Waals surface area contributed by atoms with Gasteiger partial charge in [0, 0.05) is 12.3 Å². The maximum Gasteiger partial charge on any atom is 0.302 e. The van der Waals surface area contributed by atoms with Crippen LogP contribution in [0.4, 0.5) is 0 Å². The average Bonchev–Trinajstić information content (AvgIpc) is 2.98. The van der Waals surface area contributed by atoms with Gasteiger partial charge < -0.3 is 9.47 Å². The van der Waals surface area contributed by atoms with Gasteiger partial charge >= 0.3 is 5.97 Å². The van der Waals surface area contributed by atoms with Crippen molar-refractivity contribution in [2.24, 2.45) is 16.7 Å². The van der Waals surface area contributed by atoms with Crippen molar-refractivity contribution in [2.45, 2.75) is 84.5 Å². The van der Waals surface area contributed by atoms with E-state index in [1.165, 1.54) is 19.8 Å². The van der Waals surface area contributed by atoms with E-state index >= 15 is 0 Å². The SMILES string of the molecule is CCC[C@@H](OC(C)=O)[C@@H]1O[C@]12C[C@H]1CC[C@]2(C)C1(C)C. The Morgan fingerprint density at radius 3 is 2.55 bits per heavy atom. The molecular weight excluding hydrogens is 252 g/mol. The molecule has 20 heavy (non-hydrogen) atoms. The highest BCUT2D eigenvalue weighted by molar-refractivity contribution is 5.66. The number of ether oxygens (including phenoxy) is 2. The van der Waals surface area contributed by atoms with E-state index in [-0.39, 0.29) is 29.2 Å². The van der Waals surface area contributed by atoms with E-state index in [0.717, 1.165) is 25.2 Å². The number of carbonyl (C=O) groups is 1. The third kappa shape index (κ3) is 1.59. The quantitative estimate of drug-likeness (QED) is 0.582. The first-order valence-corrected chi connectivity index (χ1v) is 8.13. The molecule has 0 radical (unpaired) electrons. The zero-order valence-corrected chi connectivity index (χ0v) is 13.5. The molecular formula is C17H28O3. The minimum Gasteiger partial charge on any atom is -0.460 e. The largest absolute Gasteiger partial charge is 0.460 e. The lowest BCUT2D eigenvalue weighted by Crippen LogP contribution is -2.42. The second-order valence-corrected chi connectivity index (χ2v) is 7.86. The highest BCUT2D eigenvalue weighted by atomic mass is 16.6. The van der Waals surface area contributed by atoms with E-state index < -0.39 is 0 Å². The molecule has 5 atom stereocenters. The number of rotatable bonds is 4. The summed E-state index contributed by atoms with van der Waals surface area (Å²) in [4.78, 5) is 11.4. The summed E-state index contributed by atoms with van der Waals surface area (Å²) in [5.41, 5.74) is 0.560. The highest BCUT2D eigenvalue weighted by Gasteiger charge is 2.80. The number of carbonyl (C=O) groups excluding carboxylic acids is 1. The van der Waals surface area contributed by atoms with Crippen LogP contribution in [0.1, 0.15) is 66.7 Å². The smallest absolute Gasteiger partial charge is 0.302 e. The Labute approximate surface area is 122 Å². The maximum atomic E-state index is 11.4. The minimum atomic E-state index is -0.179. The summed E-state index contributed by atoms with van der Waals surface area (Å²) in [6.07, 6.45) is 5.74. The van der Waals surface area contributed by atoms with Gasteiger partial charge in [0.25, 0.3) is 0 Å². The number of fused-ring (bicyclic) bond motifs is 3. The summed E-state index contributed by atoms with van der Waals surface area (Å²) < 4.78 is 11.8. The molecule has 0 N–H and O–H groups in total. The van der Waals surface area contributed by atoms with Gasteiger partial charge in [0.05, 0.1) is 0 Å². The molecule has 3 heteroatoms. The van der Waals surface area contributed by atoms with Crippen LogP contribution in [0.3, 0.4) is 0 Å². The maximum absolute atomic E-state index is 11.4. The molecule has 1 heterocycles. The molecule has 114 valence electrons. The molecule has 1 aliphatic heterocycles. The van der Waals surface area contributed by atoms with Crippen LogP contribution in [0, 0.1) is 16.7 Å². The topological polar surface area (TPSA) is 38.8 Å². The summed E-state index contributed by atoms with van der Waals surface area (Å²) in [6, 6.07) is 0. The van der Waals surface area contributed by atoms with E-state index in [4.69, 9.17) is 9.47 Å². The number of hydrogen-bond donors (Lipinski definition) is 0. The second-order valence-electron chi connectivity index (χ2n) is 7.86. The average molecular weight is 280 g/mol. The van der Waals surface area contributed by atoms with E-state index in [1.54, 1.807) is 0 Å². The fourth-order valence-corrected chi connectivity index (χ4v) is 5.25. The Hall–Kier alpha value is -0.570. The Morgan fingerprint density at radius 1 is 1.40 bits per heavy atom. The first kappa shape index (κ1) is 14.4. The van der Waals surface area contributed by atoms with Crippen molar-refractivity contribution in [3.63, 3.8) is 0 Å².